The second-order valence-electron chi connectivity index (χ2n) is 9.64. The van der Waals surface area contributed by atoms with Gasteiger partial charge >= 0.3 is 0 Å². The van der Waals surface area contributed by atoms with Crippen molar-refractivity contribution in [1.29, 1.82) is 0 Å². The van der Waals surface area contributed by atoms with Gasteiger partial charge in [0.05, 0.1) is 54.9 Å². The molecule has 1 N–H and O–H groups in total. The molecular formula is C26H27Cl2N5O4. The number of hydrogen-bond acceptors (Lipinski definition) is 6. The first-order valence-corrected chi connectivity index (χ1v) is 12.7. The summed E-state index contributed by atoms with van der Waals surface area (Å²) in [6, 6.07) is 12.4. The molecule has 0 spiro atoms. The number of nitrogens with zero attached hydrogens (tertiary/aromatic N) is 5. The van der Waals surface area contributed by atoms with Crippen molar-refractivity contribution in [3.63, 3.8) is 0 Å². The molecule has 0 radical (unpaired) electrons. The predicted octanol–water partition coefficient (Wildman–Crippen LogP) is 3.28. The summed E-state index contributed by atoms with van der Waals surface area (Å²) in [6.45, 7) is 0.635. The Morgan fingerprint density at radius 1 is 1.16 bits per heavy atom. The molecule has 2 fully saturated rings. The zero-order valence-corrected chi connectivity index (χ0v) is 22.0. The summed E-state index contributed by atoms with van der Waals surface area (Å²) in [5.41, 5.74) is 0.885. The van der Waals surface area contributed by atoms with Gasteiger partial charge in [-0.15, -0.1) is 5.10 Å². The van der Waals surface area contributed by atoms with Crippen molar-refractivity contribution in [2.75, 3.05) is 27.2 Å². The van der Waals surface area contributed by atoms with Crippen LogP contribution in [0.4, 0.5) is 0 Å². The number of carbonyl (C=O) groups is 2. The molecule has 2 unspecified atom stereocenters. The van der Waals surface area contributed by atoms with E-state index in [1.807, 2.05) is 30.3 Å². The van der Waals surface area contributed by atoms with Gasteiger partial charge in [-0.2, -0.15) is 0 Å². The highest BCUT2D eigenvalue weighted by Gasteiger charge is 2.50. The molecular weight excluding hydrogens is 517 g/mol. The Kier molecular flexibility index (Phi) is 6.87. The molecule has 2 aliphatic rings. The highest BCUT2D eigenvalue weighted by Crippen LogP contribution is 2.40. The highest BCUT2D eigenvalue weighted by molar-refractivity contribution is 6.42. The summed E-state index contributed by atoms with van der Waals surface area (Å²) in [7, 11) is 3.32. The lowest BCUT2D eigenvalue weighted by Gasteiger charge is -2.48. The van der Waals surface area contributed by atoms with Gasteiger partial charge in [-0.05, 0) is 41.8 Å². The van der Waals surface area contributed by atoms with E-state index in [9.17, 15) is 14.7 Å². The Morgan fingerprint density at radius 3 is 2.57 bits per heavy atom. The van der Waals surface area contributed by atoms with Crippen molar-refractivity contribution in [1.82, 2.24) is 24.8 Å². The summed E-state index contributed by atoms with van der Waals surface area (Å²) in [5.74, 6) is 0.207. The lowest BCUT2D eigenvalue weighted by molar-refractivity contribution is -0.167. The summed E-state index contributed by atoms with van der Waals surface area (Å²) < 4.78 is 6.86. The highest BCUT2D eigenvalue weighted by atomic mass is 35.5. The standard InChI is InChI=1S/C26H27Cl2N5O4/c1-31-23(34)10-8-19(24(31)17-4-6-18(37-2)7-5-17)25(35)32-14-26(36,15-32)22-13-33(30-29-22)12-16-3-9-20(27)21(28)11-16/h3-7,9,11,13,19,24,36H,8,10,12,14-15H2,1-2H3. The van der Waals surface area contributed by atoms with Crippen LogP contribution in [0.15, 0.2) is 48.7 Å². The van der Waals surface area contributed by atoms with Gasteiger partial charge < -0.3 is 19.6 Å². The molecule has 2 saturated heterocycles. The van der Waals surface area contributed by atoms with Crippen molar-refractivity contribution < 1.29 is 19.4 Å². The summed E-state index contributed by atoms with van der Waals surface area (Å²) >= 11 is 12.1. The SMILES string of the molecule is COc1ccc(C2C(C(=O)N3CC(O)(c4cn(Cc5ccc(Cl)c(Cl)c5)nn4)C3)CCC(=O)N2C)cc1. The molecule has 2 amide bonds. The molecule has 3 aromatic rings. The van der Waals surface area contributed by atoms with E-state index in [-0.39, 0.29) is 30.9 Å². The number of amides is 2. The Hall–Kier alpha value is -3.14. The van der Waals surface area contributed by atoms with Crippen molar-refractivity contribution in [3.05, 3.63) is 75.5 Å². The minimum absolute atomic E-state index is 0.00331. The molecule has 9 nitrogen and oxygen atoms in total. The summed E-state index contributed by atoms with van der Waals surface area (Å²) in [5, 5.41) is 20.4. The third-order valence-corrected chi connectivity index (χ3v) is 7.94. The molecule has 5 rings (SSSR count). The van der Waals surface area contributed by atoms with Crippen LogP contribution < -0.4 is 4.74 Å². The molecule has 1 aromatic heterocycles. The second kappa shape index (κ2) is 9.96. The van der Waals surface area contributed by atoms with E-state index in [1.54, 1.807) is 47.0 Å². The average molecular weight is 544 g/mol. The van der Waals surface area contributed by atoms with Gasteiger partial charge in [0, 0.05) is 13.5 Å². The number of benzene rings is 2. The van der Waals surface area contributed by atoms with E-state index in [1.165, 1.54) is 0 Å². The van der Waals surface area contributed by atoms with Crippen LogP contribution in [-0.2, 0) is 21.7 Å². The van der Waals surface area contributed by atoms with Crippen LogP contribution in [0.1, 0.15) is 35.7 Å². The number of rotatable bonds is 6. The average Bonchev–Trinajstić information content (AvgIpc) is 3.34. The minimum atomic E-state index is -1.28. The Bertz CT molecular complexity index is 1320. The first-order valence-electron chi connectivity index (χ1n) is 11.9. The quantitative estimate of drug-likeness (QED) is 0.512. The number of ether oxygens (including phenoxy) is 1. The van der Waals surface area contributed by atoms with Crippen molar-refractivity contribution in [2.24, 2.45) is 5.92 Å². The van der Waals surface area contributed by atoms with E-state index >= 15 is 0 Å². The van der Waals surface area contributed by atoms with E-state index in [4.69, 9.17) is 27.9 Å². The molecule has 2 atom stereocenters. The molecule has 37 heavy (non-hydrogen) atoms. The molecule has 3 heterocycles. The number of aliphatic hydroxyl groups is 1. The fourth-order valence-electron chi connectivity index (χ4n) is 5.11. The largest absolute Gasteiger partial charge is 0.497 e. The Morgan fingerprint density at radius 2 is 1.89 bits per heavy atom. The van der Waals surface area contributed by atoms with Gasteiger partial charge in [0.25, 0.3) is 0 Å². The monoisotopic (exact) mass is 543 g/mol. The van der Waals surface area contributed by atoms with Gasteiger partial charge in [0.2, 0.25) is 11.8 Å². The number of methoxy groups -OCH3 is 1. The van der Waals surface area contributed by atoms with E-state index in [2.05, 4.69) is 10.3 Å². The predicted molar refractivity (Wildman–Crippen MR) is 137 cm³/mol. The molecule has 2 aromatic carbocycles. The summed E-state index contributed by atoms with van der Waals surface area (Å²) in [4.78, 5) is 29.3. The maximum absolute atomic E-state index is 13.6. The molecule has 194 valence electrons. The second-order valence-corrected chi connectivity index (χ2v) is 10.5. The van der Waals surface area contributed by atoms with Crippen LogP contribution in [0.2, 0.25) is 10.0 Å². The third-order valence-electron chi connectivity index (χ3n) is 7.20. The van der Waals surface area contributed by atoms with Crippen molar-refractivity contribution in [2.45, 2.75) is 31.0 Å². The van der Waals surface area contributed by atoms with E-state index < -0.39 is 11.5 Å². The smallest absolute Gasteiger partial charge is 0.228 e. The van der Waals surface area contributed by atoms with Crippen LogP contribution in [0.3, 0.4) is 0 Å². The van der Waals surface area contributed by atoms with Crippen LogP contribution in [0.25, 0.3) is 0 Å². The molecule has 0 bridgehead atoms. The first kappa shape index (κ1) is 25.5. The zero-order chi connectivity index (χ0) is 26.3. The van der Waals surface area contributed by atoms with E-state index in [0.29, 0.717) is 40.9 Å². The maximum Gasteiger partial charge on any atom is 0.228 e. The van der Waals surface area contributed by atoms with Gasteiger partial charge in [0.1, 0.15) is 17.0 Å². The topological polar surface area (TPSA) is 101 Å². The van der Waals surface area contributed by atoms with Gasteiger partial charge in [-0.25, -0.2) is 4.68 Å². The number of likely N-dealkylation sites (tertiary alicyclic amines) is 2. The molecule has 2 aliphatic heterocycles. The van der Waals surface area contributed by atoms with Crippen LogP contribution >= 0.6 is 23.2 Å². The van der Waals surface area contributed by atoms with E-state index in [0.717, 1.165) is 11.1 Å². The normalized spacial score (nSPS) is 21.1. The van der Waals surface area contributed by atoms with Gasteiger partial charge in [-0.3, -0.25) is 9.59 Å². The Balaban J connectivity index is 1.28. The van der Waals surface area contributed by atoms with Crippen LogP contribution in [0, 0.1) is 5.92 Å². The van der Waals surface area contributed by atoms with Crippen molar-refractivity contribution in [3.8, 4) is 5.75 Å². The zero-order valence-electron chi connectivity index (χ0n) is 20.5. The van der Waals surface area contributed by atoms with Crippen LogP contribution in [0.5, 0.6) is 5.75 Å². The Labute approximate surface area is 224 Å². The summed E-state index contributed by atoms with van der Waals surface area (Å²) in [6.07, 6.45) is 2.44. The van der Waals surface area contributed by atoms with Gasteiger partial charge in [0.15, 0.2) is 0 Å². The number of aromatic nitrogens is 3. The van der Waals surface area contributed by atoms with Crippen LogP contribution in [-0.4, -0.2) is 69.0 Å². The third kappa shape index (κ3) is 4.91. The number of piperidine rings is 1. The number of carbonyl (C=O) groups excluding carboxylic acids is 2. The molecule has 0 aliphatic carbocycles. The minimum Gasteiger partial charge on any atom is -0.497 e. The fraction of sp³-hybridized carbons (Fsp3) is 0.385. The lowest BCUT2D eigenvalue weighted by Crippen LogP contribution is -2.63. The van der Waals surface area contributed by atoms with Gasteiger partial charge in [-0.1, -0.05) is 46.6 Å². The van der Waals surface area contributed by atoms with Crippen molar-refractivity contribution >= 4 is 35.0 Å². The molecule has 11 heteroatoms. The number of halogens is 2. The lowest BCUT2D eigenvalue weighted by atomic mass is 9.81. The number of hydrogen-bond donors (Lipinski definition) is 1. The molecule has 0 saturated carbocycles. The maximum atomic E-state index is 13.6. The number of β-amino-alcohol motifs (C(OH)–C–C–N with tert-alkyl or cyclic N) is 1. The fourth-order valence-corrected chi connectivity index (χ4v) is 5.43. The first-order chi connectivity index (χ1) is 17.7.